The van der Waals surface area contributed by atoms with E-state index in [1.807, 2.05) is 35.2 Å². The van der Waals surface area contributed by atoms with E-state index in [-0.39, 0.29) is 42.3 Å². The number of carbonyl (C=O) groups excluding carboxylic acids is 2. The molecule has 0 spiro atoms. The van der Waals surface area contributed by atoms with Crippen LogP contribution >= 0.6 is 0 Å². The molecule has 2 bridgehead atoms. The minimum Gasteiger partial charge on any atom is -0.395 e. The molecule has 6 heteroatoms. The van der Waals surface area contributed by atoms with E-state index in [1.54, 1.807) is 0 Å². The smallest absolute Gasteiger partial charge is 0.229 e. The van der Waals surface area contributed by atoms with E-state index in [9.17, 15) is 9.59 Å². The molecule has 1 amide bonds. The fraction of sp³-hybridized carbons (Fsp3) is 0.636. The maximum absolute atomic E-state index is 13.3. The van der Waals surface area contributed by atoms with Gasteiger partial charge in [0.25, 0.3) is 0 Å². The molecule has 0 saturated carbocycles. The van der Waals surface area contributed by atoms with Crippen LogP contribution in [0.2, 0.25) is 0 Å². The fourth-order valence-corrected chi connectivity index (χ4v) is 5.02. The molecule has 3 heterocycles. The molecule has 1 aromatic carbocycles. The van der Waals surface area contributed by atoms with Crippen molar-refractivity contribution in [3.05, 3.63) is 35.9 Å². The fourth-order valence-electron chi connectivity index (χ4n) is 5.02. The minimum absolute atomic E-state index is 0.0853. The molecular weight excluding hydrogens is 356 g/mol. The minimum atomic E-state index is -0.314. The summed E-state index contributed by atoms with van der Waals surface area (Å²) in [6.45, 7) is 3.68. The van der Waals surface area contributed by atoms with Crippen LogP contribution < -0.4 is 0 Å². The third-order valence-electron chi connectivity index (χ3n) is 6.53. The van der Waals surface area contributed by atoms with Crippen molar-refractivity contribution in [2.24, 2.45) is 11.8 Å². The standard InChI is InChI=1S/C22H30N2O4/c25-15-14-23-10-12-24(13-11-23)22(27)21-19-9-8-18(28-19)20(21)17(26)7-6-16-4-2-1-3-5-16/h1-5,18-21,25H,6-15H2/t18-,19+,20?,21?/m1/s1. The number of hydrogen-bond acceptors (Lipinski definition) is 5. The quantitative estimate of drug-likeness (QED) is 0.761. The van der Waals surface area contributed by atoms with Gasteiger partial charge < -0.3 is 14.7 Å². The van der Waals surface area contributed by atoms with Gasteiger partial charge in [-0.3, -0.25) is 14.5 Å². The summed E-state index contributed by atoms with van der Waals surface area (Å²) in [5.74, 6) is -0.334. The number of ketones is 1. The second kappa shape index (κ2) is 8.72. The van der Waals surface area contributed by atoms with E-state index >= 15 is 0 Å². The Balaban J connectivity index is 1.39. The molecule has 2 unspecified atom stereocenters. The Hall–Kier alpha value is -1.76. The molecule has 3 fully saturated rings. The molecule has 152 valence electrons. The van der Waals surface area contributed by atoms with Crippen LogP contribution in [0.1, 0.15) is 24.8 Å². The number of Topliss-reactive ketones (excluding diaryl/α,β-unsaturated/α-hetero) is 1. The molecule has 1 N–H and O–H groups in total. The van der Waals surface area contributed by atoms with Crippen LogP contribution in [0.4, 0.5) is 0 Å². The molecule has 3 aliphatic heterocycles. The summed E-state index contributed by atoms with van der Waals surface area (Å²) in [5.41, 5.74) is 1.16. The lowest BCUT2D eigenvalue weighted by molar-refractivity contribution is -0.143. The lowest BCUT2D eigenvalue weighted by Crippen LogP contribution is -2.53. The normalized spacial score (nSPS) is 30.0. The van der Waals surface area contributed by atoms with E-state index < -0.39 is 0 Å². The maximum Gasteiger partial charge on any atom is 0.229 e. The zero-order valence-electron chi connectivity index (χ0n) is 16.3. The molecule has 4 atom stereocenters. The van der Waals surface area contributed by atoms with Crippen LogP contribution in [0.5, 0.6) is 0 Å². The summed E-state index contributed by atoms with van der Waals surface area (Å²) < 4.78 is 6.03. The van der Waals surface area contributed by atoms with Crippen LogP contribution in [-0.2, 0) is 20.7 Å². The van der Waals surface area contributed by atoms with Crippen molar-refractivity contribution >= 4 is 11.7 Å². The third-order valence-corrected chi connectivity index (χ3v) is 6.53. The van der Waals surface area contributed by atoms with Crippen LogP contribution in [0, 0.1) is 11.8 Å². The summed E-state index contributed by atoms with van der Waals surface area (Å²) in [4.78, 5) is 30.4. The average molecular weight is 386 g/mol. The van der Waals surface area contributed by atoms with Crippen molar-refractivity contribution in [3.8, 4) is 0 Å². The molecule has 0 aromatic heterocycles. The first-order valence-corrected chi connectivity index (χ1v) is 10.5. The number of fused-ring (bicyclic) bond motifs is 2. The van der Waals surface area contributed by atoms with Crippen LogP contribution in [0.3, 0.4) is 0 Å². The Labute approximate surface area is 166 Å². The molecule has 0 radical (unpaired) electrons. The summed E-state index contributed by atoms with van der Waals surface area (Å²) >= 11 is 0. The number of carbonyl (C=O) groups is 2. The first-order valence-electron chi connectivity index (χ1n) is 10.5. The topological polar surface area (TPSA) is 70.1 Å². The Morgan fingerprint density at radius 2 is 1.68 bits per heavy atom. The predicted octanol–water partition coefficient (Wildman–Crippen LogP) is 1.12. The highest BCUT2D eigenvalue weighted by molar-refractivity contribution is 5.90. The number of hydrogen-bond donors (Lipinski definition) is 1. The third kappa shape index (κ3) is 4.00. The van der Waals surface area contributed by atoms with Gasteiger partial charge in [0.15, 0.2) is 0 Å². The van der Waals surface area contributed by atoms with E-state index in [0.29, 0.717) is 32.5 Å². The Morgan fingerprint density at radius 1 is 1.00 bits per heavy atom. The SMILES string of the molecule is O=C(CCc1ccccc1)C1C(C(=O)N2CCN(CCO)CC2)[C@@H]2CC[C@H]1O2. The van der Waals surface area contributed by atoms with Gasteiger partial charge in [-0.25, -0.2) is 0 Å². The van der Waals surface area contributed by atoms with Gasteiger partial charge in [0.2, 0.25) is 5.91 Å². The Bertz CT molecular complexity index is 687. The second-order valence-electron chi connectivity index (χ2n) is 8.18. The molecule has 3 aliphatic rings. The summed E-state index contributed by atoms with van der Waals surface area (Å²) in [7, 11) is 0. The van der Waals surface area contributed by atoms with Gasteiger partial charge in [-0.1, -0.05) is 30.3 Å². The van der Waals surface area contributed by atoms with Crippen molar-refractivity contribution in [2.75, 3.05) is 39.3 Å². The van der Waals surface area contributed by atoms with Gasteiger partial charge in [0.05, 0.1) is 30.7 Å². The number of rotatable bonds is 7. The van der Waals surface area contributed by atoms with Crippen molar-refractivity contribution in [3.63, 3.8) is 0 Å². The van der Waals surface area contributed by atoms with E-state index in [4.69, 9.17) is 9.84 Å². The Morgan fingerprint density at radius 3 is 2.36 bits per heavy atom. The van der Waals surface area contributed by atoms with Gasteiger partial charge in [-0.05, 0) is 24.8 Å². The van der Waals surface area contributed by atoms with Crippen molar-refractivity contribution in [1.82, 2.24) is 9.80 Å². The van der Waals surface area contributed by atoms with Gasteiger partial charge in [-0.2, -0.15) is 0 Å². The molecule has 4 rings (SSSR count). The number of nitrogens with zero attached hydrogens (tertiary/aromatic N) is 2. The molecule has 28 heavy (non-hydrogen) atoms. The number of amides is 1. The lowest BCUT2D eigenvalue weighted by Gasteiger charge is -2.37. The molecule has 3 saturated heterocycles. The van der Waals surface area contributed by atoms with Crippen LogP contribution in [0.25, 0.3) is 0 Å². The van der Waals surface area contributed by atoms with Crippen molar-refractivity contribution in [2.45, 2.75) is 37.9 Å². The highest BCUT2D eigenvalue weighted by Gasteiger charge is 2.55. The number of aliphatic hydroxyl groups is 1. The summed E-state index contributed by atoms with van der Waals surface area (Å²) in [6.07, 6.45) is 2.77. The second-order valence-corrected chi connectivity index (χ2v) is 8.18. The monoisotopic (exact) mass is 386 g/mol. The number of aryl methyl sites for hydroxylation is 1. The zero-order chi connectivity index (χ0) is 19.5. The summed E-state index contributed by atoms with van der Waals surface area (Å²) in [5, 5.41) is 9.09. The van der Waals surface area contributed by atoms with Gasteiger partial charge in [-0.15, -0.1) is 0 Å². The molecule has 6 nitrogen and oxygen atoms in total. The molecule has 1 aromatic rings. The van der Waals surface area contributed by atoms with E-state index in [1.165, 1.54) is 0 Å². The Kier molecular flexibility index (Phi) is 6.09. The predicted molar refractivity (Wildman–Crippen MR) is 105 cm³/mol. The number of benzene rings is 1. The lowest BCUT2D eigenvalue weighted by atomic mass is 9.75. The van der Waals surface area contributed by atoms with Gasteiger partial charge in [0.1, 0.15) is 5.78 Å². The first kappa shape index (κ1) is 19.6. The van der Waals surface area contributed by atoms with Gasteiger partial charge >= 0.3 is 0 Å². The van der Waals surface area contributed by atoms with Crippen molar-refractivity contribution < 1.29 is 19.4 Å². The number of piperazine rings is 1. The first-order chi connectivity index (χ1) is 13.7. The maximum atomic E-state index is 13.3. The van der Waals surface area contributed by atoms with Gasteiger partial charge in [0, 0.05) is 39.1 Å². The average Bonchev–Trinajstić information content (AvgIpc) is 3.35. The van der Waals surface area contributed by atoms with Crippen molar-refractivity contribution in [1.29, 1.82) is 0 Å². The highest BCUT2D eigenvalue weighted by Crippen LogP contribution is 2.45. The zero-order valence-corrected chi connectivity index (χ0v) is 16.3. The number of aliphatic hydroxyl groups excluding tert-OH is 1. The van der Waals surface area contributed by atoms with E-state index in [0.717, 1.165) is 31.5 Å². The highest BCUT2D eigenvalue weighted by atomic mass is 16.5. The van der Waals surface area contributed by atoms with E-state index in [2.05, 4.69) is 4.90 Å². The van der Waals surface area contributed by atoms with Crippen LogP contribution in [0.15, 0.2) is 30.3 Å². The van der Waals surface area contributed by atoms with Crippen LogP contribution in [-0.4, -0.2) is 78.1 Å². The molecular formula is C22H30N2O4. The molecule has 0 aliphatic carbocycles. The largest absolute Gasteiger partial charge is 0.395 e. The summed E-state index contributed by atoms with van der Waals surface area (Å²) in [6, 6.07) is 10.0. The number of β-amino-alcohol motifs (C(OH)–C–C–N with tert-alkyl or cyclic N) is 1. The number of ether oxygens (including phenoxy) is 1.